The van der Waals surface area contributed by atoms with E-state index in [1.165, 1.54) is 28.5 Å². The lowest BCUT2D eigenvalue weighted by Gasteiger charge is -2.50. The number of rotatable bonds is 9. The summed E-state index contributed by atoms with van der Waals surface area (Å²) in [7, 11) is 0. The van der Waals surface area contributed by atoms with Crippen molar-refractivity contribution in [1.82, 2.24) is 15.1 Å². The summed E-state index contributed by atoms with van der Waals surface area (Å²) in [5.41, 5.74) is -0.110. The highest BCUT2D eigenvalue weighted by Gasteiger charge is 2.56. The van der Waals surface area contributed by atoms with E-state index in [4.69, 9.17) is 0 Å². The molecule has 2 heterocycles. The minimum atomic E-state index is -1.85. The van der Waals surface area contributed by atoms with Gasteiger partial charge in [-0.2, -0.15) is 0 Å². The normalized spacial score (nSPS) is 19.8. The number of hydrogen-bond donors (Lipinski definition) is 1. The Bertz CT molecular complexity index is 1420. The van der Waals surface area contributed by atoms with E-state index < -0.39 is 29.3 Å². The lowest BCUT2D eigenvalue weighted by molar-refractivity contribution is -0.154. The fourth-order valence-corrected chi connectivity index (χ4v) is 6.48. The maximum absolute atomic E-state index is 14.9. The van der Waals surface area contributed by atoms with Gasteiger partial charge in [-0.3, -0.25) is 29.1 Å². The van der Waals surface area contributed by atoms with Crippen LogP contribution < -0.4 is 5.32 Å². The molecule has 0 saturated carbocycles. The second kappa shape index (κ2) is 12.3. The molecule has 0 saturated heterocycles. The Labute approximate surface area is 252 Å². The van der Waals surface area contributed by atoms with Crippen molar-refractivity contribution < 1.29 is 19.2 Å². The average molecular weight is 589 g/mol. The van der Waals surface area contributed by atoms with E-state index >= 15 is 0 Å². The molecule has 4 rings (SSSR count). The number of ketones is 1. The van der Waals surface area contributed by atoms with Gasteiger partial charge in [0.25, 0.3) is 5.91 Å². The van der Waals surface area contributed by atoms with Crippen LogP contribution in [-0.2, 0) is 25.6 Å². The number of thioether (sulfide) groups is 1. The third kappa shape index (κ3) is 6.21. The molecular formula is C33H40N4O4S. The second-order valence-corrected chi connectivity index (χ2v) is 13.9. The van der Waals surface area contributed by atoms with E-state index in [-0.39, 0.29) is 34.0 Å². The number of carbonyl (C=O) groups is 4. The van der Waals surface area contributed by atoms with Crippen molar-refractivity contribution in [2.45, 2.75) is 71.3 Å². The molecule has 222 valence electrons. The van der Waals surface area contributed by atoms with E-state index in [1.54, 1.807) is 20.0 Å². The van der Waals surface area contributed by atoms with Crippen LogP contribution in [-0.4, -0.2) is 61.3 Å². The van der Waals surface area contributed by atoms with E-state index in [2.05, 4.69) is 10.3 Å². The number of nitrogens with zero attached hydrogens (tertiary/aromatic N) is 3. The largest absolute Gasteiger partial charge is 0.326 e. The minimum absolute atomic E-state index is 0.00508. The second-order valence-electron chi connectivity index (χ2n) is 12.2. The van der Waals surface area contributed by atoms with Gasteiger partial charge in [0.15, 0.2) is 5.66 Å². The zero-order valence-corrected chi connectivity index (χ0v) is 26.2. The van der Waals surface area contributed by atoms with E-state index in [9.17, 15) is 19.2 Å². The zero-order valence-electron chi connectivity index (χ0n) is 25.4. The third-order valence-electron chi connectivity index (χ3n) is 7.34. The molecule has 2 aromatic rings. The van der Waals surface area contributed by atoms with Gasteiger partial charge in [0, 0.05) is 30.2 Å². The third-order valence-corrected chi connectivity index (χ3v) is 8.53. The number of nitrogens with one attached hydrogen (secondary N) is 1. The standard InChI is InChI=1S/C33H40N4O4S/c1-21(2)27-31(41)37(26(25-16-12-9-13-17-25)19-36(27)30(40)22(3)4)33(35-23(5)38,18-24-14-10-8-11-15-24)28(39)29-34-20-32(6,7)42-29/h8-17,19,21-22,27H,18,20H2,1-7H3,(H,35,38)/t27?,33-/m0/s1. The quantitative estimate of drug-likeness (QED) is 0.449. The van der Waals surface area contributed by atoms with Gasteiger partial charge in [0.2, 0.25) is 17.6 Å². The smallest absolute Gasteiger partial charge is 0.252 e. The molecule has 9 heteroatoms. The summed E-state index contributed by atoms with van der Waals surface area (Å²) in [6.45, 7) is 13.1. The van der Waals surface area contributed by atoms with Crippen LogP contribution in [0, 0.1) is 11.8 Å². The molecule has 0 radical (unpaired) electrons. The molecule has 2 aromatic carbocycles. The van der Waals surface area contributed by atoms with Crippen molar-refractivity contribution in [1.29, 1.82) is 0 Å². The number of hydrogen-bond acceptors (Lipinski definition) is 6. The molecule has 42 heavy (non-hydrogen) atoms. The zero-order chi connectivity index (χ0) is 30.8. The molecule has 0 aromatic heterocycles. The number of Topliss-reactive ketones (excluding diaryl/α,β-unsaturated/α-hetero) is 1. The first kappa shape index (κ1) is 31.2. The molecule has 1 unspecified atom stereocenters. The fourth-order valence-electron chi connectivity index (χ4n) is 5.43. The molecule has 2 aliphatic heterocycles. The molecule has 2 aliphatic rings. The highest BCUT2D eigenvalue weighted by atomic mass is 32.2. The van der Waals surface area contributed by atoms with Crippen LogP contribution in [0.15, 0.2) is 71.9 Å². The predicted molar refractivity (Wildman–Crippen MR) is 167 cm³/mol. The maximum Gasteiger partial charge on any atom is 0.252 e. The molecule has 0 spiro atoms. The molecule has 1 N–H and O–H groups in total. The number of benzene rings is 2. The Hall–Kier alpha value is -3.72. The van der Waals surface area contributed by atoms with Crippen LogP contribution in [0.3, 0.4) is 0 Å². The molecule has 0 bridgehead atoms. The van der Waals surface area contributed by atoms with Crippen LogP contribution in [0.5, 0.6) is 0 Å². The molecule has 0 fully saturated rings. The van der Waals surface area contributed by atoms with Crippen molar-refractivity contribution in [3.05, 3.63) is 78.0 Å². The van der Waals surface area contributed by atoms with Gasteiger partial charge < -0.3 is 10.2 Å². The summed E-state index contributed by atoms with van der Waals surface area (Å²) >= 11 is 1.35. The molecule has 2 atom stereocenters. The molecule has 8 nitrogen and oxygen atoms in total. The highest BCUT2D eigenvalue weighted by molar-refractivity contribution is 8.17. The number of amides is 3. The van der Waals surface area contributed by atoms with E-state index in [0.717, 1.165) is 5.56 Å². The Morgan fingerprint density at radius 1 is 1.02 bits per heavy atom. The first-order valence-corrected chi connectivity index (χ1v) is 15.1. The van der Waals surface area contributed by atoms with E-state index in [1.807, 2.05) is 88.4 Å². The van der Waals surface area contributed by atoms with Crippen molar-refractivity contribution in [3.8, 4) is 0 Å². The van der Waals surface area contributed by atoms with Gasteiger partial charge in [-0.15, -0.1) is 0 Å². The van der Waals surface area contributed by atoms with Gasteiger partial charge in [0.1, 0.15) is 11.1 Å². The average Bonchev–Trinajstić information content (AvgIpc) is 3.31. The Morgan fingerprint density at radius 3 is 2.12 bits per heavy atom. The summed E-state index contributed by atoms with van der Waals surface area (Å²) in [6, 6.07) is 17.6. The summed E-state index contributed by atoms with van der Waals surface area (Å²) in [6.07, 6.45) is 1.68. The van der Waals surface area contributed by atoms with Crippen LogP contribution in [0.25, 0.3) is 5.70 Å². The Kier molecular flexibility index (Phi) is 9.11. The van der Waals surface area contributed by atoms with Gasteiger partial charge >= 0.3 is 0 Å². The number of aliphatic imine (C=N–C) groups is 1. The topological polar surface area (TPSA) is 99.2 Å². The van der Waals surface area contributed by atoms with Crippen molar-refractivity contribution in [3.63, 3.8) is 0 Å². The lowest BCUT2D eigenvalue weighted by Crippen LogP contribution is -2.72. The first-order chi connectivity index (χ1) is 19.8. The highest BCUT2D eigenvalue weighted by Crippen LogP contribution is 2.40. The molecule has 3 amide bonds. The minimum Gasteiger partial charge on any atom is -0.326 e. The van der Waals surface area contributed by atoms with E-state index in [0.29, 0.717) is 17.8 Å². The van der Waals surface area contributed by atoms with Gasteiger partial charge in [-0.05, 0) is 30.9 Å². The van der Waals surface area contributed by atoms with Gasteiger partial charge in [0.05, 0.1) is 12.2 Å². The Morgan fingerprint density at radius 2 is 1.62 bits per heavy atom. The summed E-state index contributed by atoms with van der Waals surface area (Å²) < 4.78 is -0.315. The molecular weight excluding hydrogens is 548 g/mol. The lowest BCUT2D eigenvalue weighted by atomic mass is 9.87. The first-order valence-electron chi connectivity index (χ1n) is 14.3. The SMILES string of the molecule is CC(=O)N[C@](Cc1ccccc1)(C(=O)C1=NCC(C)(C)S1)N1C(=O)C(C(C)C)N(C(=O)C(C)C)C=C1c1ccccc1. The summed E-state index contributed by atoms with van der Waals surface area (Å²) in [5, 5.41) is 3.21. The van der Waals surface area contributed by atoms with Crippen LogP contribution in [0.1, 0.15) is 59.6 Å². The molecule has 0 aliphatic carbocycles. The predicted octanol–water partition coefficient (Wildman–Crippen LogP) is 4.90. The summed E-state index contributed by atoms with van der Waals surface area (Å²) in [5.74, 6) is -2.22. The summed E-state index contributed by atoms with van der Waals surface area (Å²) in [4.78, 5) is 63.8. The monoisotopic (exact) mass is 588 g/mol. The van der Waals surface area contributed by atoms with Gasteiger partial charge in [-0.1, -0.05) is 100 Å². The van der Waals surface area contributed by atoms with Crippen molar-refractivity contribution in [2.75, 3.05) is 6.54 Å². The van der Waals surface area contributed by atoms with Crippen LogP contribution in [0.2, 0.25) is 0 Å². The Balaban J connectivity index is 2.05. The fraction of sp³-hybridized carbons (Fsp3) is 0.424. The van der Waals surface area contributed by atoms with Crippen molar-refractivity contribution >= 4 is 46.0 Å². The maximum atomic E-state index is 14.9. The number of carbonyl (C=O) groups excluding carboxylic acids is 4. The van der Waals surface area contributed by atoms with Crippen LogP contribution >= 0.6 is 11.8 Å². The van der Waals surface area contributed by atoms with Gasteiger partial charge in [-0.25, -0.2) is 0 Å². The van der Waals surface area contributed by atoms with Crippen molar-refractivity contribution in [2.24, 2.45) is 16.8 Å². The van der Waals surface area contributed by atoms with Crippen LogP contribution in [0.4, 0.5) is 0 Å².